The van der Waals surface area contributed by atoms with E-state index in [1.165, 1.54) is 11.4 Å². The van der Waals surface area contributed by atoms with Crippen LogP contribution in [-0.4, -0.2) is 82.9 Å². The number of anilines is 1. The minimum Gasteiger partial charge on any atom is -0.495 e. The third-order valence-corrected chi connectivity index (χ3v) is 6.92. The van der Waals surface area contributed by atoms with Gasteiger partial charge in [-0.2, -0.15) is 0 Å². The lowest BCUT2D eigenvalue weighted by Gasteiger charge is -2.35. The summed E-state index contributed by atoms with van der Waals surface area (Å²) in [7, 11) is -0.285. The zero-order chi connectivity index (χ0) is 20.9. The van der Waals surface area contributed by atoms with Crippen molar-refractivity contribution < 1.29 is 18.3 Å². The Morgan fingerprint density at radius 1 is 1.03 bits per heavy atom. The Balaban J connectivity index is 1.87. The van der Waals surface area contributed by atoms with Crippen LogP contribution in [0.1, 0.15) is 0 Å². The molecule has 0 aliphatic carbocycles. The van der Waals surface area contributed by atoms with Crippen LogP contribution in [0.5, 0.6) is 5.75 Å². The predicted molar refractivity (Wildman–Crippen MR) is 114 cm³/mol. The number of piperazine rings is 1. The lowest BCUT2D eigenvalue weighted by atomic mass is 10.2. The molecule has 1 atom stereocenters. The van der Waals surface area contributed by atoms with Crippen molar-refractivity contribution in [2.75, 3.05) is 57.7 Å². The minimum absolute atomic E-state index is 0.0516. The Bertz CT molecular complexity index is 884. The molecule has 0 bridgehead atoms. The molecule has 158 valence electrons. The minimum atomic E-state index is -3.86. The number of para-hydroxylation sites is 2. The standard InChI is InChI=1S/C21H29N3O4S/c1-22-12-14-23(15-13-22)16-18(25)17-24(20-10-6-7-11-21(20)28-2)29(26,27)19-8-4-3-5-9-19/h3-11,18,25H,12-17H2,1-2H3/t18-/m1/s1. The third-order valence-electron chi connectivity index (χ3n) is 5.13. The van der Waals surface area contributed by atoms with E-state index in [0.717, 1.165) is 26.2 Å². The van der Waals surface area contributed by atoms with E-state index < -0.39 is 16.1 Å². The molecule has 0 unspecified atom stereocenters. The normalized spacial score (nSPS) is 17.1. The van der Waals surface area contributed by atoms with Crippen molar-refractivity contribution in [1.29, 1.82) is 0 Å². The highest BCUT2D eigenvalue weighted by molar-refractivity contribution is 7.92. The van der Waals surface area contributed by atoms with Crippen LogP contribution < -0.4 is 9.04 Å². The second-order valence-corrected chi connectivity index (χ2v) is 9.14. The second-order valence-electron chi connectivity index (χ2n) is 7.28. The first kappa shape index (κ1) is 21.6. The molecule has 0 spiro atoms. The van der Waals surface area contributed by atoms with E-state index >= 15 is 0 Å². The summed E-state index contributed by atoms with van der Waals surface area (Å²) in [5, 5.41) is 10.8. The quantitative estimate of drug-likeness (QED) is 0.699. The highest BCUT2D eigenvalue weighted by atomic mass is 32.2. The molecular weight excluding hydrogens is 390 g/mol. The molecule has 1 aliphatic heterocycles. The summed E-state index contributed by atoms with van der Waals surface area (Å²) in [4.78, 5) is 4.59. The summed E-state index contributed by atoms with van der Waals surface area (Å²) in [6.07, 6.45) is -0.832. The summed E-state index contributed by atoms with van der Waals surface area (Å²) in [5.74, 6) is 0.443. The van der Waals surface area contributed by atoms with E-state index in [1.54, 1.807) is 54.6 Å². The van der Waals surface area contributed by atoms with Gasteiger partial charge in [0.1, 0.15) is 5.75 Å². The molecule has 1 N–H and O–H groups in total. The fourth-order valence-electron chi connectivity index (χ4n) is 3.46. The number of β-amino-alcohol motifs (C(OH)–C–C–N with tert-alkyl or cyclic N) is 1. The van der Waals surface area contributed by atoms with Crippen LogP contribution in [0.2, 0.25) is 0 Å². The van der Waals surface area contributed by atoms with Gasteiger partial charge in [-0.25, -0.2) is 8.42 Å². The van der Waals surface area contributed by atoms with Gasteiger partial charge in [-0.3, -0.25) is 9.21 Å². The molecule has 0 aromatic heterocycles. The van der Waals surface area contributed by atoms with Crippen LogP contribution in [-0.2, 0) is 10.0 Å². The highest BCUT2D eigenvalue weighted by Gasteiger charge is 2.30. The van der Waals surface area contributed by atoms with E-state index in [0.29, 0.717) is 18.0 Å². The molecule has 1 heterocycles. The van der Waals surface area contributed by atoms with Crippen LogP contribution in [0.3, 0.4) is 0 Å². The Labute approximate surface area is 173 Å². The Morgan fingerprint density at radius 2 is 1.66 bits per heavy atom. The molecule has 8 heteroatoms. The SMILES string of the molecule is COc1ccccc1N(C[C@H](O)CN1CCN(C)CC1)S(=O)(=O)c1ccccc1. The van der Waals surface area contributed by atoms with Gasteiger partial charge in [0.25, 0.3) is 10.0 Å². The molecule has 2 aromatic carbocycles. The second kappa shape index (κ2) is 9.58. The lowest BCUT2D eigenvalue weighted by molar-refractivity contribution is 0.0853. The Hall–Kier alpha value is -2.13. The van der Waals surface area contributed by atoms with Gasteiger partial charge in [0, 0.05) is 32.7 Å². The first-order valence-corrected chi connectivity index (χ1v) is 11.2. The van der Waals surface area contributed by atoms with Gasteiger partial charge in [-0.15, -0.1) is 0 Å². The van der Waals surface area contributed by atoms with Crippen molar-refractivity contribution in [2.45, 2.75) is 11.0 Å². The van der Waals surface area contributed by atoms with Crippen molar-refractivity contribution >= 4 is 15.7 Å². The number of aliphatic hydroxyl groups is 1. The van der Waals surface area contributed by atoms with Gasteiger partial charge in [-0.1, -0.05) is 30.3 Å². The number of aliphatic hydroxyl groups excluding tert-OH is 1. The zero-order valence-electron chi connectivity index (χ0n) is 16.9. The number of hydrogen-bond acceptors (Lipinski definition) is 6. The van der Waals surface area contributed by atoms with Gasteiger partial charge in [-0.05, 0) is 31.3 Å². The Kier molecular flexibility index (Phi) is 7.13. The number of benzene rings is 2. The average Bonchev–Trinajstić information content (AvgIpc) is 2.74. The molecule has 0 radical (unpaired) electrons. The maximum Gasteiger partial charge on any atom is 0.264 e. The van der Waals surface area contributed by atoms with Crippen molar-refractivity contribution in [3.05, 3.63) is 54.6 Å². The van der Waals surface area contributed by atoms with Gasteiger partial charge in [0.15, 0.2) is 0 Å². The monoisotopic (exact) mass is 419 g/mol. The summed E-state index contributed by atoms with van der Waals surface area (Å²) in [6, 6.07) is 15.2. The summed E-state index contributed by atoms with van der Waals surface area (Å²) in [6.45, 7) is 3.95. The summed E-state index contributed by atoms with van der Waals surface area (Å²) >= 11 is 0. The molecule has 1 saturated heterocycles. The van der Waals surface area contributed by atoms with Crippen LogP contribution in [0.4, 0.5) is 5.69 Å². The largest absolute Gasteiger partial charge is 0.495 e. The van der Waals surface area contributed by atoms with E-state index in [4.69, 9.17) is 4.74 Å². The van der Waals surface area contributed by atoms with E-state index in [1.807, 2.05) is 0 Å². The van der Waals surface area contributed by atoms with Gasteiger partial charge in [0.05, 0.1) is 30.3 Å². The molecule has 29 heavy (non-hydrogen) atoms. The molecule has 2 aromatic rings. The van der Waals surface area contributed by atoms with Crippen molar-refractivity contribution in [3.63, 3.8) is 0 Å². The van der Waals surface area contributed by atoms with Gasteiger partial charge >= 0.3 is 0 Å². The van der Waals surface area contributed by atoms with Crippen LogP contribution in [0.15, 0.2) is 59.5 Å². The molecule has 3 rings (SSSR count). The first-order valence-electron chi connectivity index (χ1n) is 9.71. The number of likely N-dealkylation sites (N-methyl/N-ethyl adjacent to an activating group) is 1. The molecule has 1 aliphatic rings. The average molecular weight is 420 g/mol. The fourth-order valence-corrected chi connectivity index (χ4v) is 4.99. The molecule has 1 fully saturated rings. The number of ether oxygens (including phenoxy) is 1. The van der Waals surface area contributed by atoms with E-state index in [2.05, 4.69) is 16.8 Å². The number of nitrogens with zero attached hydrogens (tertiary/aromatic N) is 3. The van der Waals surface area contributed by atoms with Crippen LogP contribution in [0, 0.1) is 0 Å². The number of sulfonamides is 1. The number of methoxy groups -OCH3 is 1. The molecule has 0 saturated carbocycles. The fraction of sp³-hybridized carbons (Fsp3) is 0.429. The molecule has 0 amide bonds. The number of rotatable bonds is 8. The lowest BCUT2D eigenvalue weighted by Crippen LogP contribution is -2.49. The zero-order valence-corrected chi connectivity index (χ0v) is 17.8. The topological polar surface area (TPSA) is 73.3 Å². The molecule has 7 nitrogen and oxygen atoms in total. The van der Waals surface area contributed by atoms with Crippen molar-refractivity contribution in [3.8, 4) is 5.75 Å². The highest BCUT2D eigenvalue weighted by Crippen LogP contribution is 2.32. The third kappa shape index (κ3) is 5.27. The maximum absolute atomic E-state index is 13.4. The molecular formula is C21H29N3O4S. The summed E-state index contributed by atoms with van der Waals surface area (Å²) in [5.41, 5.74) is 0.413. The van der Waals surface area contributed by atoms with Gasteiger partial charge < -0.3 is 14.7 Å². The predicted octanol–water partition coefficient (Wildman–Crippen LogP) is 1.50. The van der Waals surface area contributed by atoms with E-state index in [-0.39, 0.29) is 11.4 Å². The smallest absolute Gasteiger partial charge is 0.264 e. The van der Waals surface area contributed by atoms with Gasteiger partial charge in [0.2, 0.25) is 0 Å². The maximum atomic E-state index is 13.4. The van der Waals surface area contributed by atoms with E-state index in [9.17, 15) is 13.5 Å². The summed E-state index contributed by atoms with van der Waals surface area (Å²) < 4.78 is 33.5. The first-order chi connectivity index (χ1) is 13.9. The van der Waals surface area contributed by atoms with Crippen LogP contribution in [0.25, 0.3) is 0 Å². The Morgan fingerprint density at radius 3 is 2.31 bits per heavy atom. The number of hydrogen-bond donors (Lipinski definition) is 1. The van der Waals surface area contributed by atoms with Crippen molar-refractivity contribution in [1.82, 2.24) is 9.80 Å². The van der Waals surface area contributed by atoms with Crippen LogP contribution >= 0.6 is 0 Å². The van der Waals surface area contributed by atoms with Crippen molar-refractivity contribution in [2.24, 2.45) is 0 Å².